The Kier molecular flexibility index (Phi) is 4.53. The quantitative estimate of drug-likeness (QED) is 0.636. The number of fused-ring (bicyclic) bond motifs is 1. The molecule has 2 aromatic carbocycles. The van der Waals surface area contributed by atoms with Crippen molar-refractivity contribution >= 4 is 50.9 Å². The highest BCUT2D eigenvalue weighted by molar-refractivity contribution is 7.19. The largest absolute Gasteiger partial charge is 0.351 e. The third-order valence-corrected chi connectivity index (χ3v) is 4.11. The molecule has 4 N–H and O–H groups in total. The molecule has 24 heavy (non-hydrogen) atoms. The number of amides is 3. The van der Waals surface area contributed by atoms with Crippen molar-refractivity contribution in [3.63, 3.8) is 0 Å². The van der Waals surface area contributed by atoms with Crippen molar-refractivity contribution in [1.82, 2.24) is 4.98 Å². The molecule has 0 radical (unpaired) electrons. The lowest BCUT2D eigenvalue weighted by Crippen LogP contribution is -2.19. The Hall–Kier alpha value is -3.19. The van der Waals surface area contributed by atoms with Gasteiger partial charge in [0.2, 0.25) is 5.91 Å². The first-order chi connectivity index (χ1) is 11.6. The van der Waals surface area contributed by atoms with E-state index in [1.165, 1.54) is 17.4 Å². The Bertz CT molecular complexity index is 883. The second-order valence-corrected chi connectivity index (χ2v) is 5.97. The van der Waals surface area contributed by atoms with Gasteiger partial charge in [0, 0.05) is 17.5 Å². The van der Waals surface area contributed by atoms with Crippen molar-refractivity contribution in [2.24, 2.45) is 5.73 Å². The van der Waals surface area contributed by atoms with Crippen molar-refractivity contribution in [1.29, 1.82) is 0 Å². The summed E-state index contributed by atoms with van der Waals surface area (Å²) in [6, 6.07) is 13.8. The molecule has 6 nitrogen and oxygen atoms in total. The number of anilines is 2. The second-order valence-electron chi connectivity index (χ2n) is 4.91. The van der Waals surface area contributed by atoms with E-state index < -0.39 is 6.03 Å². The first kappa shape index (κ1) is 15.7. The van der Waals surface area contributed by atoms with E-state index in [9.17, 15) is 9.59 Å². The topological polar surface area (TPSA) is 97.1 Å². The normalized spacial score (nSPS) is 10.8. The lowest BCUT2D eigenvalue weighted by molar-refractivity contribution is -0.111. The number of hydrogen-bond acceptors (Lipinski definition) is 4. The first-order valence-corrected chi connectivity index (χ1v) is 7.93. The number of para-hydroxylation sites is 1. The number of aromatic nitrogens is 1. The molecule has 0 aliphatic carbocycles. The standard InChI is InChI=1S/C17H14N4O2S/c18-17(23)20-12-7-5-11(6-8-12)19-15(22)9-10-16-21-13-3-1-2-4-14(13)24-16/h1-10H,(H,19,22)(H3,18,20,23)/b10-9+. The van der Waals surface area contributed by atoms with Crippen LogP contribution >= 0.6 is 11.3 Å². The van der Waals surface area contributed by atoms with Crippen LogP contribution in [0.2, 0.25) is 0 Å². The van der Waals surface area contributed by atoms with Gasteiger partial charge in [-0.05, 0) is 42.5 Å². The van der Waals surface area contributed by atoms with Crippen LogP contribution in [0.4, 0.5) is 16.2 Å². The van der Waals surface area contributed by atoms with E-state index in [0.717, 1.165) is 15.2 Å². The minimum Gasteiger partial charge on any atom is -0.351 e. The summed E-state index contributed by atoms with van der Waals surface area (Å²) in [5.41, 5.74) is 7.12. The molecule has 1 aromatic heterocycles. The summed E-state index contributed by atoms with van der Waals surface area (Å²) in [6.07, 6.45) is 3.12. The number of primary amides is 1. The fourth-order valence-electron chi connectivity index (χ4n) is 2.07. The molecule has 0 saturated heterocycles. The number of thiazole rings is 1. The fraction of sp³-hybridized carbons (Fsp3) is 0. The summed E-state index contributed by atoms with van der Waals surface area (Å²) in [5, 5.41) is 5.95. The van der Waals surface area contributed by atoms with Gasteiger partial charge in [0.25, 0.3) is 0 Å². The van der Waals surface area contributed by atoms with Gasteiger partial charge in [-0.2, -0.15) is 0 Å². The van der Waals surface area contributed by atoms with Crippen molar-refractivity contribution in [3.05, 3.63) is 59.6 Å². The average Bonchev–Trinajstić information content (AvgIpc) is 2.97. The first-order valence-electron chi connectivity index (χ1n) is 7.11. The van der Waals surface area contributed by atoms with Crippen LogP contribution < -0.4 is 16.4 Å². The van der Waals surface area contributed by atoms with Crippen molar-refractivity contribution < 1.29 is 9.59 Å². The maximum atomic E-state index is 12.0. The molecular formula is C17H14N4O2S. The van der Waals surface area contributed by atoms with Gasteiger partial charge in [0.1, 0.15) is 5.01 Å². The van der Waals surface area contributed by atoms with Gasteiger partial charge < -0.3 is 16.4 Å². The molecule has 0 bridgehead atoms. The average molecular weight is 338 g/mol. The van der Waals surface area contributed by atoms with Gasteiger partial charge in [0.05, 0.1) is 10.2 Å². The van der Waals surface area contributed by atoms with Gasteiger partial charge in [0.15, 0.2) is 0 Å². The fourth-order valence-corrected chi connectivity index (χ4v) is 2.94. The highest BCUT2D eigenvalue weighted by Crippen LogP contribution is 2.22. The number of rotatable bonds is 4. The minimum atomic E-state index is -0.634. The number of benzene rings is 2. The highest BCUT2D eigenvalue weighted by atomic mass is 32.1. The van der Waals surface area contributed by atoms with Crippen molar-refractivity contribution in [3.8, 4) is 0 Å². The van der Waals surface area contributed by atoms with Crippen LogP contribution in [0.25, 0.3) is 16.3 Å². The third-order valence-electron chi connectivity index (χ3n) is 3.11. The molecule has 0 spiro atoms. The Balaban J connectivity index is 1.63. The van der Waals surface area contributed by atoms with Gasteiger partial charge in [-0.15, -0.1) is 11.3 Å². The number of carbonyl (C=O) groups is 2. The number of hydrogen-bond donors (Lipinski definition) is 3. The predicted molar refractivity (Wildman–Crippen MR) is 96.9 cm³/mol. The van der Waals surface area contributed by atoms with E-state index >= 15 is 0 Å². The van der Waals surface area contributed by atoms with Gasteiger partial charge in [-0.1, -0.05) is 12.1 Å². The van der Waals surface area contributed by atoms with Crippen LogP contribution in [0, 0.1) is 0 Å². The molecule has 3 amide bonds. The SMILES string of the molecule is NC(=O)Nc1ccc(NC(=O)/C=C/c2nc3ccccc3s2)cc1. The molecule has 0 aliphatic heterocycles. The van der Waals surface area contributed by atoms with Crippen LogP contribution in [-0.2, 0) is 4.79 Å². The van der Waals surface area contributed by atoms with Crippen LogP contribution in [0.5, 0.6) is 0 Å². The monoisotopic (exact) mass is 338 g/mol. The summed E-state index contributed by atoms with van der Waals surface area (Å²) in [6.45, 7) is 0. The zero-order valence-electron chi connectivity index (χ0n) is 12.5. The van der Waals surface area contributed by atoms with E-state index in [-0.39, 0.29) is 5.91 Å². The third kappa shape index (κ3) is 3.96. The summed E-state index contributed by atoms with van der Waals surface area (Å²) in [4.78, 5) is 27.1. The van der Waals surface area contributed by atoms with E-state index in [0.29, 0.717) is 11.4 Å². The Morgan fingerprint density at radius 1 is 1.00 bits per heavy atom. The Labute approximate surface area is 142 Å². The lowest BCUT2D eigenvalue weighted by Gasteiger charge is -2.04. The molecule has 3 rings (SSSR count). The zero-order valence-corrected chi connectivity index (χ0v) is 13.3. The number of carbonyl (C=O) groups excluding carboxylic acids is 2. The predicted octanol–water partition coefficient (Wildman–Crippen LogP) is 3.44. The molecule has 0 fully saturated rings. The van der Waals surface area contributed by atoms with Gasteiger partial charge in [-0.25, -0.2) is 9.78 Å². The highest BCUT2D eigenvalue weighted by Gasteiger charge is 2.02. The molecule has 0 saturated carbocycles. The number of nitrogens with zero attached hydrogens (tertiary/aromatic N) is 1. The smallest absolute Gasteiger partial charge is 0.316 e. The molecule has 7 heteroatoms. The molecular weight excluding hydrogens is 324 g/mol. The van der Waals surface area contributed by atoms with Gasteiger partial charge >= 0.3 is 6.03 Å². The molecule has 1 heterocycles. The maximum absolute atomic E-state index is 12.0. The van der Waals surface area contributed by atoms with E-state index in [1.54, 1.807) is 30.3 Å². The Morgan fingerprint density at radius 3 is 2.33 bits per heavy atom. The minimum absolute atomic E-state index is 0.259. The van der Waals surface area contributed by atoms with Crippen LogP contribution in [0.3, 0.4) is 0 Å². The number of nitrogens with two attached hydrogens (primary N) is 1. The molecule has 3 aromatic rings. The molecule has 0 atom stereocenters. The van der Waals surface area contributed by atoms with E-state index in [2.05, 4.69) is 15.6 Å². The Morgan fingerprint density at radius 2 is 1.67 bits per heavy atom. The van der Waals surface area contributed by atoms with Crippen LogP contribution in [0.15, 0.2) is 54.6 Å². The lowest BCUT2D eigenvalue weighted by atomic mass is 10.2. The second kappa shape index (κ2) is 6.93. The summed E-state index contributed by atoms with van der Waals surface area (Å²) in [5.74, 6) is -0.259. The van der Waals surface area contributed by atoms with Crippen molar-refractivity contribution in [2.45, 2.75) is 0 Å². The summed E-state index contributed by atoms with van der Waals surface area (Å²) >= 11 is 1.52. The summed E-state index contributed by atoms with van der Waals surface area (Å²) < 4.78 is 1.08. The van der Waals surface area contributed by atoms with Crippen molar-refractivity contribution in [2.75, 3.05) is 10.6 Å². The van der Waals surface area contributed by atoms with Crippen LogP contribution in [0.1, 0.15) is 5.01 Å². The number of urea groups is 1. The molecule has 0 aliphatic rings. The zero-order chi connectivity index (χ0) is 16.9. The number of nitrogens with one attached hydrogen (secondary N) is 2. The van der Waals surface area contributed by atoms with E-state index in [4.69, 9.17) is 5.73 Å². The maximum Gasteiger partial charge on any atom is 0.316 e. The van der Waals surface area contributed by atoms with Crippen LogP contribution in [-0.4, -0.2) is 16.9 Å². The van der Waals surface area contributed by atoms with E-state index in [1.807, 2.05) is 24.3 Å². The van der Waals surface area contributed by atoms with Gasteiger partial charge in [-0.3, -0.25) is 4.79 Å². The molecule has 120 valence electrons. The summed E-state index contributed by atoms with van der Waals surface area (Å²) in [7, 11) is 0. The molecule has 0 unspecified atom stereocenters.